The van der Waals surface area contributed by atoms with Gasteiger partial charge in [-0.1, -0.05) is 25.9 Å². The number of benzene rings is 1. The summed E-state index contributed by atoms with van der Waals surface area (Å²) >= 11 is 0. The van der Waals surface area contributed by atoms with Crippen molar-refractivity contribution in [2.45, 2.75) is 31.1 Å². The summed E-state index contributed by atoms with van der Waals surface area (Å²) < 4.78 is 49.9. The van der Waals surface area contributed by atoms with Gasteiger partial charge in [0.1, 0.15) is 0 Å². The Morgan fingerprint density at radius 3 is 2.50 bits per heavy atom. The van der Waals surface area contributed by atoms with Crippen LogP contribution in [0.1, 0.15) is 26.5 Å². The van der Waals surface area contributed by atoms with Crippen molar-refractivity contribution in [1.82, 2.24) is 5.16 Å². The smallest absolute Gasteiger partial charge is 0.264 e. The zero-order valence-corrected chi connectivity index (χ0v) is 13.5. The maximum absolute atomic E-state index is 13.4. The van der Waals surface area contributed by atoms with Crippen LogP contribution in [0.2, 0.25) is 0 Å². The van der Waals surface area contributed by atoms with Gasteiger partial charge in [-0.3, -0.25) is 0 Å². The minimum Gasteiger partial charge on any atom is -0.494 e. The van der Waals surface area contributed by atoms with Crippen molar-refractivity contribution in [2.24, 2.45) is 0 Å². The van der Waals surface area contributed by atoms with E-state index in [0.717, 1.165) is 18.2 Å². The molecule has 0 unspecified atom stereocenters. The fourth-order valence-corrected chi connectivity index (χ4v) is 2.66. The lowest BCUT2D eigenvalue weighted by Gasteiger charge is -2.12. The molecule has 2 aromatic rings. The molecule has 0 aliphatic carbocycles. The number of nitrogens with one attached hydrogen (secondary N) is 1. The second kappa shape index (κ2) is 5.60. The fraction of sp³-hybridized carbons (Fsp3) is 0.357. The number of hydrogen-bond acceptors (Lipinski definition) is 5. The van der Waals surface area contributed by atoms with Gasteiger partial charge < -0.3 is 9.26 Å². The summed E-state index contributed by atoms with van der Waals surface area (Å²) in [5, 5.41) is 3.83. The lowest BCUT2D eigenvalue weighted by atomic mass is 9.92. The molecule has 120 valence electrons. The average molecular weight is 328 g/mol. The maximum Gasteiger partial charge on any atom is 0.264 e. The van der Waals surface area contributed by atoms with E-state index < -0.39 is 15.8 Å². The van der Waals surface area contributed by atoms with Gasteiger partial charge in [-0.05, 0) is 12.1 Å². The van der Waals surface area contributed by atoms with Gasteiger partial charge in [0.15, 0.2) is 11.6 Å². The highest BCUT2D eigenvalue weighted by atomic mass is 32.2. The van der Waals surface area contributed by atoms with E-state index in [4.69, 9.17) is 9.26 Å². The average Bonchev–Trinajstić information content (AvgIpc) is 2.86. The van der Waals surface area contributed by atoms with Gasteiger partial charge >= 0.3 is 0 Å². The van der Waals surface area contributed by atoms with E-state index in [1.807, 2.05) is 20.8 Å². The van der Waals surface area contributed by atoms with E-state index in [1.54, 1.807) is 0 Å². The van der Waals surface area contributed by atoms with Crippen LogP contribution in [0, 0.1) is 5.82 Å². The number of hydrogen-bond donors (Lipinski definition) is 1. The number of anilines is 1. The van der Waals surface area contributed by atoms with E-state index >= 15 is 0 Å². The van der Waals surface area contributed by atoms with Gasteiger partial charge in [0, 0.05) is 17.5 Å². The van der Waals surface area contributed by atoms with Crippen LogP contribution in [0.15, 0.2) is 33.7 Å². The second-order valence-corrected chi connectivity index (χ2v) is 7.41. The molecular weight excluding hydrogens is 311 g/mol. The summed E-state index contributed by atoms with van der Waals surface area (Å²) in [6.45, 7) is 5.77. The van der Waals surface area contributed by atoms with Crippen molar-refractivity contribution in [3.8, 4) is 5.75 Å². The minimum absolute atomic E-state index is 0.00628. The molecule has 0 radical (unpaired) electrons. The highest BCUT2D eigenvalue weighted by molar-refractivity contribution is 7.92. The summed E-state index contributed by atoms with van der Waals surface area (Å²) in [6, 6.07) is 4.77. The molecule has 0 bridgehead atoms. The monoisotopic (exact) mass is 328 g/mol. The van der Waals surface area contributed by atoms with Crippen LogP contribution < -0.4 is 9.46 Å². The summed E-state index contributed by atoms with van der Waals surface area (Å²) in [6.07, 6.45) is 0. The topological polar surface area (TPSA) is 81.4 Å². The molecule has 0 aliphatic heterocycles. The van der Waals surface area contributed by atoms with Gasteiger partial charge in [0.05, 0.1) is 17.7 Å². The molecule has 0 amide bonds. The second-order valence-electron chi connectivity index (χ2n) is 5.73. The number of nitrogens with zero attached hydrogens (tertiary/aromatic N) is 1. The van der Waals surface area contributed by atoms with Gasteiger partial charge in [-0.2, -0.15) is 0 Å². The predicted molar refractivity (Wildman–Crippen MR) is 79.0 cm³/mol. The minimum atomic E-state index is -3.93. The molecule has 0 saturated carbocycles. The third-order valence-corrected chi connectivity index (χ3v) is 4.29. The quantitative estimate of drug-likeness (QED) is 0.933. The van der Waals surface area contributed by atoms with Gasteiger partial charge in [-0.15, -0.1) is 0 Å². The van der Waals surface area contributed by atoms with E-state index in [-0.39, 0.29) is 21.9 Å². The zero-order valence-electron chi connectivity index (χ0n) is 12.7. The number of halogens is 1. The van der Waals surface area contributed by atoms with Crippen LogP contribution in [0.5, 0.6) is 5.75 Å². The molecule has 0 aliphatic rings. The Balaban J connectivity index is 2.30. The molecule has 1 aromatic carbocycles. The highest BCUT2D eigenvalue weighted by Crippen LogP contribution is 2.26. The van der Waals surface area contributed by atoms with Crippen molar-refractivity contribution < 1.29 is 22.1 Å². The Kier molecular flexibility index (Phi) is 4.15. The Labute approximate surface area is 128 Å². The predicted octanol–water partition coefficient (Wildman–Crippen LogP) is 2.92. The first-order chi connectivity index (χ1) is 10.1. The largest absolute Gasteiger partial charge is 0.494 e. The third kappa shape index (κ3) is 3.38. The Hall–Kier alpha value is -2.09. The number of rotatable bonds is 4. The standard InChI is InChI=1S/C14H17FN2O4S/c1-14(2,3)12-8-13(21-16-12)17-22(18,19)9-5-6-10(15)11(7-9)20-4/h5-8,17H,1-4H3. The summed E-state index contributed by atoms with van der Waals surface area (Å²) in [5.41, 5.74) is 0.341. The van der Waals surface area contributed by atoms with E-state index in [9.17, 15) is 12.8 Å². The molecule has 6 nitrogen and oxygen atoms in total. The Morgan fingerprint density at radius 2 is 1.95 bits per heavy atom. The summed E-state index contributed by atoms with van der Waals surface area (Å²) in [4.78, 5) is -0.139. The molecule has 0 spiro atoms. The molecule has 1 heterocycles. The molecule has 1 aromatic heterocycles. The normalized spacial score (nSPS) is 12.2. The number of aromatic nitrogens is 1. The van der Waals surface area contributed by atoms with Crippen molar-refractivity contribution in [1.29, 1.82) is 0 Å². The zero-order chi connectivity index (χ0) is 16.5. The maximum atomic E-state index is 13.4. The molecule has 0 saturated heterocycles. The fourth-order valence-electron chi connectivity index (χ4n) is 1.68. The van der Waals surface area contributed by atoms with E-state index in [0.29, 0.717) is 5.69 Å². The number of methoxy groups -OCH3 is 1. The molecule has 2 rings (SSSR count). The van der Waals surface area contributed by atoms with Gasteiger partial charge in [0.25, 0.3) is 10.0 Å². The van der Waals surface area contributed by atoms with Crippen molar-refractivity contribution in [3.05, 3.63) is 35.8 Å². The van der Waals surface area contributed by atoms with Crippen LogP contribution in [0.4, 0.5) is 10.3 Å². The molecular formula is C14H17FN2O4S. The van der Waals surface area contributed by atoms with Crippen LogP contribution in [0.25, 0.3) is 0 Å². The van der Waals surface area contributed by atoms with Crippen LogP contribution >= 0.6 is 0 Å². The first-order valence-corrected chi connectivity index (χ1v) is 7.95. The van der Waals surface area contributed by atoms with E-state index in [1.165, 1.54) is 13.2 Å². The van der Waals surface area contributed by atoms with Gasteiger partial charge in [-0.25, -0.2) is 17.5 Å². The molecule has 22 heavy (non-hydrogen) atoms. The molecule has 0 fully saturated rings. The van der Waals surface area contributed by atoms with Gasteiger partial charge in [0.2, 0.25) is 5.88 Å². The number of sulfonamides is 1. The molecule has 0 atom stereocenters. The van der Waals surface area contributed by atoms with Crippen molar-refractivity contribution in [3.63, 3.8) is 0 Å². The molecule has 1 N–H and O–H groups in total. The lowest BCUT2D eigenvalue weighted by molar-refractivity contribution is 0.385. The van der Waals surface area contributed by atoms with Crippen molar-refractivity contribution in [2.75, 3.05) is 11.8 Å². The van der Waals surface area contributed by atoms with Crippen LogP contribution in [-0.4, -0.2) is 20.7 Å². The number of ether oxygens (including phenoxy) is 1. The lowest BCUT2D eigenvalue weighted by Crippen LogP contribution is -2.13. The third-order valence-electron chi connectivity index (χ3n) is 2.95. The summed E-state index contributed by atoms with van der Waals surface area (Å²) in [5.74, 6) is -0.805. The van der Waals surface area contributed by atoms with Crippen molar-refractivity contribution >= 4 is 15.9 Å². The highest BCUT2D eigenvalue weighted by Gasteiger charge is 2.22. The van der Waals surface area contributed by atoms with E-state index in [2.05, 4.69) is 9.88 Å². The molecule has 8 heteroatoms. The Morgan fingerprint density at radius 1 is 1.27 bits per heavy atom. The Bertz CT molecular complexity index is 778. The summed E-state index contributed by atoms with van der Waals surface area (Å²) in [7, 11) is -2.67. The first kappa shape index (κ1) is 16.3. The van der Waals surface area contributed by atoms with Crippen LogP contribution in [-0.2, 0) is 15.4 Å². The van der Waals surface area contributed by atoms with Crippen LogP contribution in [0.3, 0.4) is 0 Å². The SMILES string of the molecule is COc1cc(S(=O)(=O)Nc2cc(C(C)(C)C)no2)ccc1F. The first-order valence-electron chi connectivity index (χ1n) is 6.47.